The van der Waals surface area contributed by atoms with Gasteiger partial charge in [0.25, 0.3) is 0 Å². The van der Waals surface area contributed by atoms with Crippen molar-refractivity contribution >= 4 is 0 Å². The van der Waals surface area contributed by atoms with E-state index in [1.807, 2.05) is 0 Å². The van der Waals surface area contributed by atoms with Crippen molar-refractivity contribution in [1.82, 2.24) is 0 Å². The van der Waals surface area contributed by atoms with Crippen LogP contribution in [-0.2, 0) is 46.9 Å². The van der Waals surface area contributed by atoms with Crippen molar-refractivity contribution < 1.29 is 104 Å². The van der Waals surface area contributed by atoms with Gasteiger partial charge in [-0.1, -0.05) is 6.92 Å². The van der Waals surface area contributed by atoms with E-state index in [0.717, 1.165) is 0 Å². The molecule has 0 aliphatic carbocycles. The minimum Gasteiger partial charge on any atom is -0.452 e. The monoisotopic (exact) mass is 512 g/mol. The zero-order valence-electron chi connectivity index (χ0n) is 12.9. The van der Waals surface area contributed by atoms with E-state index in [9.17, 15) is 57.1 Å². The van der Waals surface area contributed by atoms with Gasteiger partial charge in [-0.3, -0.25) is 0 Å². The fourth-order valence-electron chi connectivity index (χ4n) is 0.963. The second-order valence-corrected chi connectivity index (χ2v) is 4.38. The number of ether oxygens (including phenoxy) is 3. The van der Waals surface area contributed by atoms with Crippen molar-refractivity contribution in [1.29, 1.82) is 0 Å². The Kier molecular flexibility index (Phi) is 9.58. The van der Waals surface area contributed by atoms with Crippen LogP contribution in [0.15, 0.2) is 0 Å². The Morgan fingerprint density at radius 2 is 1.11 bits per heavy atom. The van der Waals surface area contributed by atoms with E-state index in [2.05, 4.69) is 9.47 Å². The Hall–Kier alpha value is 0.0739. The predicted molar refractivity (Wildman–Crippen MR) is 53.5 cm³/mol. The zero-order chi connectivity index (χ0) is 21.4. The van der Waals surface area contributed by atoms with Crippen LogP contribution in [0, 0.1) is 6.36 Å². The van der Waals surface area contributed by atoms with Gasteiger partial charge in [0, 0.05) is 46.2 Å². The summed E-state index contributed by atoms with van der Waals surface area (Å²) >= 11 is 0. The molecule has 0 amide bonds. The number of hydrogen-bond acceptors (Lipinski definition) is 3. The molecule has 0 aromatic heterocycles. The molecule has 0 saturated carbocycles. The van der Waals surface area contributed by atoms with Crippen molar-refractivity contribution in [3.05, 3.63) is 6.36 Å². The molecule has 0 aromatic rings. The summed E-state index contributed by atoms with van der Waals surface area (Å²) in [5, 5.41) is 0. The minimum absolute atomic E-state index is 0. The molecule has 3 nitrogen and oxygen atoms in total. The number of hydrogen-bond donors (Lipinski definition) is 0. The van der Waals surface area contributed by atoms with Gasteiger partial charge in [0.2, 0.25) is 0 Å². The number of alkyl halides is 12. The molecule has 0 saturated heterocycles. The van der Waals surface area contributed by atoms with Crippen LogP contribution >= 0.6 is 0 Å². The standard InChI is InChI=1S/C10H8F13O3.Y/c1-3-5(12,13)4(11)25-7(16,17)6(14,15)8(18,19)26-10(22,23)9(20,21)24-2;/h3H2,1-2H3;/q-1;. The summed E-state index contributed by atoms with van der Waals surface area (Å²) in [6, 6.07) is 0. The summed E-state index contributed by atoms with van der Waals surface area (Å²) < 4.78 is 173. The molecule has 17 heteroatoms. The van der Waals surface area contributed by atoms with Crippen LogP contribution in [0.1, 0.15) is 13.3 Å². The fourth-order valence-corrected chi connectivity index (χ4v) is 0.963. The van der Waals surface area contributed by atoms with Gasteiger partial charge < -0.3 is 13.9 Å². The van der Waals surface area contributed by atoms with Crippen molar-refractivity contribution in [2.75, 3.05) is 7.11 Å². The summed E-state index contributed by atoms with van der Waals surface area (Å²) in [5.41, 5.74) is 0. The fraction of sp³-hybridized carbons (Fsp3) is 0.900. The maximum Gasteiger partial charge on any atom is 0.453 e. The maximum atomic E-state index is 13.1. The average Bonchev–Trinajstić information content (AvgIpc) is 2.44. The van der Waals surface area contributed by atoms with Crippen molar-refractivity contribution in [2.45, 2.75) is 49.6 Å². The molecule has 161 valence electrons. The van der Waals surface area contributed by atoms with Crippen LogP contribution < -0.4 is 0 Å². The van der Waals surface area contributed by atoms with Crippen LogP contribution in [0.5, 0.6) is 0 Å². The van der Waals surface area contributed by atoms with E-state index in [4.69, 9.17) is 0 Å². The van der Waals surface area contributed by atoms with Crippen LogP contribution in [0.3, 0.4) is 0 Å². The van der Waals surface area contributed by atoms with E-state index in [1.165, 1.54) is 0 Å². The first-order valence-electron chi connectivity index (χ1n) is 5.95. The van der Waals surface area contributed by atoms with Gasteiger partial charge in [-0.05, 0) is 6.42 Å². The zero-order valence-corrected chi connectivity index (χ0v) is 15.8. The van der Waals surface area contributed by atoms with Gasteiger partial charge in [0.05, 0.1) is 0 Å². The van der Waals surface area contributed by atoms with Gasteiger partial charge in [0.1, 0.15) is 0 Å². The third-order valence-electron chi connectivity index (χ3n) is 2.53. The van der Waals surface area contributed by atoms with Crippen LogP contribution in [0.25, 0.3) is 0 Å². The van der Waals surface area contributed by atoms with Gasteiger partial charge in [-0.15, -0.1) is 0 Å². The molecule has 0 spiro atoms. The summed E-state index contributed by atoms with van der Waals surface area (Å²) in [6.45, 7) is 0.449. The summed E-state index contributed by atoms with van der Waals surface area (Å²) in [6.07, 6.45) is -32.0. The largest absolute Gasteiger partial charge is 0.453 e. The van der Waals surface area contributed by atoms with Crippen molar-refractivity contribution in [3.8, 4) is 0 Å². The van der Waals surface area contributed by atoms with E-state index >= 15 is 0 Å². The Labute approximate surface area is 167 Å². The second-order valence-electron chi connectivity index (χ2n) is 4.38. The number of halogens is 13. The first-order chi connectivity index (χ1) is 11.2. The van der Waals surface area contributed by atoms with Crippen LogP contribution in [-0.4, -0.2) is 43.4 Å². The van der Waals surface area contributed by atoms with E-state index in [0.29, 0.717) is 6.92 Å². The molecular weight excluding hydrogens is 504 g/mol. The smallest absolute Gasteiger partial charge is 0.452 e. The first kappa shape index (κ1) is 29.3. The van der Waals surface area contributed by atoms with Crippen LogP contribution in [0.4, 0.5) is 57.1 Å². The molecule has 0 heterocycles. The Bertz CT molecular complexity index is 485. The van der Waals surface area contributed by atoms with Crippen molar-refractivity contribution in [3.63, 3.8) is 0 Å². The van der Waals surface area contributed by atoms with Crippen LogP contribution in [0.2, 0.25) is 0 Å². The van der Waals surface area contributed by atoms with E-state index in [-0.39, 0.29) is 39.8 Å². The normalized spacial score (nSPS) is 15.1. The Morgan fingerprint density at radius 1 is 0.704 bits per heavy atom. The summed E-state index contributed by atoms with van der Waals surface area (Å²) in [4.78, 5) is 0. The summed E-state index contributed by atoms with van der Waals surface area (Å²) in [5.74, 6) is -12.3. The van der Waals surface area contributed by atoms with Gasteiger partial charge in [-0.2, -0.15) is 43.9 Å². The molecule has 0 aromatic carbocycles. The van der Waals surface area contributed by atoms with E-state index in [1.54, 1.807) is 4.74 Å². The first-order valence-corrected chi connectivity index (χ1v) is 5.95. The molecule has 0 rings (SSSR count). The second kappa shape index (κ2) is 8.84. The van der Waals surface area contributed by atoms with Crippen molar-refractivity contribution in [2.24, 2.45) is 0 Å². The number of methoxy groups -OCH3 is 1. The van der Waals surface area contributed by atoms with Gasteiger partial charge in [-0.25, -0.2) is 13.5 Å². The van der Waals surface area contributed by atoms with E-state index < -0.39 is 49.1 Å². The molecular formula is C10H8F13O3Y-. The molecule has 0 aliphatic heterocycles. The third kappa shape index (κ3) is 6.03. The Morgan fingerprint density at radius 3 is 1.44 bits per heavy atom. The molecule has 0 fully saturated rings. The third-order valence-corrected chi connectivity index (χ3v) is 2.53. The SMILES string of the molecule is CCC(F)(F)[C-](F)OC(F)(F)C(F)(F)C(F)(F)OC(F)(F)C(F)(F)OC.[Y]. The minimum atomic E-state index is -7.31. The summed E-state index contributed by atoms with van der Waals surface area (Å²) in [7, 11) is -0.206. The van der Waals surface area contributed by atoms with Gasteiger partial charge in [0.15, 0.2) is 5.92 Å². The molecule has 0 aliphatic rings. The topological polar surface area (TPSA) is 27.7 Å². The quantitative estimate of drug-likeness (QED) is 0.299. The van der Waals surface area contributed by atoms with Gasteiger partial charge >= 0.3 is 30.4 Å². The maximum absolute atomic E-state index is 13.1. The Balaban J connectivity index is 0. The average molecular weight is 512 g/mol. The molecule has 0 bridgehead atoms. The molecule has 0 unspecified atom stereocenters. The molecule has 1 radical (unpaired) electrons. The molecule has 0 N–H and O–H groups in total. The molecule has 0 atom stereocenters. The predicted octanol–water partition coefficient (Wildman–Crippen LogP) is 5.17. The number of rotatable bonds is 10. The molecule has 27 heavy (non-hydrogen) atoms.